The largest absolute Gasteiger partial charge is 0.468 e. The molecule has 7 heteroatoms. The molecular formula is C16H17N5O2. The van der Waals surface area contributed by atoms with Crippen molar-refractivity contribution >= 4 is 16.9 Å². The minimum Gasteiger partial charge on any atom is -0.468 e. The van der Waals surface area contributed by atoms with Gasteiger partial charge in [0.15, 0.2) is 0 Å². The zero-order valence-electron chi connectivity index (χ0n) is 12.4. The first kappa shape index (κ1) is 14.0. The molecule has 7 nitrogen and oxygen atoms in total. The molecule has 23 heavy (non-hydrogen) atoms. The van der Waals surface area contributed by atoms with E-state index in [0.717, 1.165) is 22.6 Å². The Morgan fingerprint density at radius 3 is 3.00 bits per heavy atom. The minimum atomic E-state index is -0.297. The van der Waals surface area contributed by atoms with E-state index < -0.39 is 0 Å². The van der Waals surface area contributed by atoms with E-state index in [0.29, 0.717) is 13.0 Å². The SMILES string of the molecule is O=C(NCc1nc2ccccc2[nH]1)C1CC(c2ccco2)NN1. The topological polar surface area (TPSA) is 95.0 Å². The van der Waals surface area contributed by atoms with Crippen LogP contribution in [0.5, 0.6) is 0 Å². The van der Waals surface area contributed by atoms with Gasteiger partial charge in [-0.2, -0.15) is 0 Å². The number of nitrogens with zero attached hydrogens (tertiary/aromatic N) is 1. The van der Waals surface area contributed by atoms with Crippen LogP contribution in [0.15, 0.2) is 47.1 Å². The van der Waals surface area contributed by atoms with Crippen LogP contribution in [0.3, 0.4) is 0 Å². The molecular weight excluding hydrogens is 294 g/mol. The Labute approximate surface area is 132 Å². The van der Waals surface area contributed by atoms with Crippen LogP contribution in [0.2, 0.25) is 0 Å². The van der Waals surface area contributed by atoms with E-state index >= 15 is 0 Å². The van der Waals surface area contributed by atoms with Gasteiger partial charge >= 0.3 is 0 Å². The van der Waals surface area contributed by atoms with E-state index in [1.807, 2.05) is 36.4 Å². The molecule has 0 saturated carbocycles. The summed E-state index contributed by atoms with van der Waals surface area (Å²) in [5.74, 6) is 1.50. The van der Waals surface area contributed by atoms with Crippen LogP contribution in [-0.4, -0.2) is 21.9 Å². The number of carbonyl (C=O) groups excluding carboxylic acids is 1. The third-order valence-electron chi connectivity index (χ3n) is 3.97. The van der Waals surface area contributed by atoms with Crippen LogP contribution < -0.4 is 16.2 Å². The number of para-hydroxylation sites is 2. The maximum atomic E-state index is 12.3. The van der Waals surface area contributed by atoms with Crippen molar-refractivity contribution in [2.75, 3.05) is 0 Å². The molecule has 1 fully saturated rings. The normalized spacial score (nSPS) is 20.9. The van der Waals surface area contributed by atoms with Gasteiger partial charge < -0.3 is 14.7 Å². The summed E-state index contributed by atoms with van der Waals surface area (Å²) >= 11 is 0. The number of amides is 1. The maximum Gasteiger partial charge on any atom is 0.238 e. The second-order valence-electron chi connectivity index (χ2n) is 5.56. The summed E-state index contributed by atoms with van der Waals surface area (Å²) in [4.78, 5) is 19.9. The number of aromatic amines is 1. The molecule has 3 aromatic rings. The third kappa shape index (κ3) is 2.84. The summed E-state index contributed by atoms with van der Waals surface area (Å²) in [5, 5.41) is 2.90. The fourth-order valence-electron chi connectivity index (χ4n) is 2.79. The molecule has 0 radical (unpaired) electrons. The number of fused-ring (bicyclic) bond motifs is 1. The lowest BCUT2D eigenvalue weighted by atomic mass is 10.1. The van der Waals surface area contributed by atoms with Crippen molar-refractivity contribution in [3.05, 3.63) is 54.2 Å². The van der Waals surface area contributed by atoms with Gasteiger partial charge in [-0.25, -0.2) is 15.8 Å². The van der Waals surface area contributed by atoms with Gasteiger partial charge in [0.05, 0.1) is 29.9 Å². The first-order chi connectivity index (χ1) is 11.3. The molecule has 0 bridgehead atoms. The first-order valence-corrected chi connectivity index (χ1v) is 7.55. The molecule has 0 aliphatic carbocycles. The molecule has 0 spiro atoms. The molecule has 2 unspecified atom stereocenters. The number of carbonyl (C=O) groups is 1. The first-order valence-electron chi connectivity index (χ1n) is 7.55. The van der Waals surface area contributed by atoms with Gasteiger partial charge in [-0.1, -0.05) is 12.1 Å². The monoisotopic (exact) mass is 311 g/mol. The number of benzene rings is 1. The fraction of sp³-hybridized carbons (Fsp3) is 0.250. The number of imidazole rings is 1. The third-order valence-corrected chi connectivity index (χ3v) is 3.97. The van der Waals surface area contributed by atoms with E-state index in [4.69, 9.17) is 4.42 Å². The van der Waals surface area contributed by atoms with Gasteiger partial charge in [0.25, 0.3) is 0 Å². The molecule has 2 atom stereocenters. The van der Waals surface area contributed by atoms with Crippen LogP contribution >= 0.6 is 0 Å². The second-order valence-corrected chi connectivity index (χ2v) is 5.56. The van der Waals surface area contributed by atoms with Crippen molar-refractivity contribution < 1.29 is 9.21 Å². The zero-order chi connectivity index (χ0) is 15.6. The van der Waals surface area contributed by atoms with Crippen molar-refractivity contribution in [1.82, 2.24) is 26.1 Å². The molecule has 1 aromatic carbocycles. The maximum absolute atomic E-state index is 12.3. The Hall–Kier alpha value is -2.64. The standard InChI is InChI=1S/C16H17N5O2/c22-16(13-8-12(20-21-13)14-6-3-7-23-14)17-9-15-18-10-4-1-2-5-11(10)19-15/h1-7,12-13,20-21H,8-9H2,(H,17,22)(H,18,19). The second kappa shape index (κ2) is 5.86. The van der Waals surface area contributed by atoms with E-state index in [9.17, 15) is 4.79 Å². The Kier molecular flexibility index (Phi) is 3.57. The summed E-state index contributed by atoms with van der Waals surface area (Å²) in [6, 6.07) is 11.2. The molecule has 1 aliphatic heterocycles. The van der Waals surface area contributed by atoms with E-state index in [1.54, 1.807) is 6.26 Å². The van der Waals surface area contributed by atoms with Crippen LogP contribution in [0.25, 0.3) is 11.0 Å². The number of nitrogens with one attached hydrogen (secondary N) is 4. The van der Waals surface area contributed by atoms with Gasteiger partial charge in [0.2, 0.25) is 5.91 Å². The lowest BCUT2D eigenvalue weighted by Crippen LogP contribution is -2.43. The Morgan fingerprint density at radius 1 is 1.26 bits per heavy atom. The van der Waals surface area contributed by atoms with Gasteiger partial charge in [-0.05, 0) is 30.7 Å². The van der Waals surface area contributed by atoms with E-state index in [-0.39, 0.29) is 18.0 Å². The number of hydrogen-bond acceptors (Lipinski definition) is 5. The molecule has 118 valence electrons. The van der Waals surface area contributed by atoms with E-state index in [1.165, 1.54) is 0 Å². The van der Waals surface area contributed by atoms with Crippen molar-refractivity contribution in [1.29, 1.82) is 0 Å². The van der Waals surface area contributed by atoms with Crippen molar-refractivity contribution in [2.24, 2.45) is 0 Å². The van der Waals surface area contributed by atoms with Crippen molar-refractivity contribution in [3.63, 3.8) is 0 Å². The Balaban J connectivity index is 1.35. The molecule has 3 heterocycles. The molecule has 4 rings (SSSR count). The lowest BCUT2D eigenvalue weighted by Gasteiger charge is -2.09. The highest BCUT2D eigenvalue weighted by Crippen LogP contribution is 2.22. The number of hydrogen-bond donors (Lipinski definition) is 4. The zero-order valence-corrected chi connectivity index (χ0v) is 12.4. The number of hydrazine groups is 1. The summed E-state index contributed by atoms with van der Waals surface area (Å²) in [6.45, 7) is 0.372. The van der Waals surface area contributed by atoms with Gasteiger partial charge in [0, 0.05) is 0 Å². The smallest absolute Gasteiger partial charge is 0.238 e. The molecule has 1 amide bonds. The fourth-order valence-corrected chi connectivity index (χ4v) is 2.79. The highest BCUT2D eigenvalue weighted by Gasteiger charge is 2.31. The predicted molar refractivity (Wildman–Crippen MR) is 84.1 cm³/mol. The average Bonchev–Trinajstić information content (AvgIpc) is 3.31. The van der Waals surface area contributed by atoms with Crippen LogP contribution in [0.4, 0.5) is 0 Å². The highest BCUT2D eigenvalue weighted by atomic mass is 16.3. The Bertz CT molecular complexity index is 778. The highest BCUT2D eigenvalue weighted by molar-refractivity contribution is 5.82. The minimum absolute atomic E-state index is 0.00644. The number of furan rings is 1. The molecule has 2 aromatic heterocycles. The number of rotatable bonds is 4. The molecule has 1 aliphatic rings. The van der Waals surface area contributed by atoms with Crippen LogP contribution in [-0.2, 0) is 11.3 Å². The summed E-state index contributed by atoms with van der Waals surface area (Å²) in [7, 11) is 0. The van der Waals surface area contributed by atoms with E-state index in [2.05, 4.69) is 26.1 Å². The summed E-state index contributed by atoms with van der Waals surface area (Å²) in [6.07, 6.45) is 2.27. The number of H-pyrrole nitrogens is 1. The Morgan fingerprint density at radius 2 is 2.17 bits per heavy atom. The summed E-state index contributed by atoms with van der Waals surface area (Å²) in [5.41, 5.74) is 7.95. The lowest BCUT2D eigenvalue weighted by molar-refractivity contribution is -0.123. The van der Waals surface area contributed by atoms with Gasteiger partial charge in [-0.3, -0.25) is 4.79 Å². The average molecular weight is 311 g/mol. The molecule has 1 saturated heterocycles. The quantitative estimate of drug-likeness (QED) is 0.584. The van der Waals surface area contributed by atoms with Crippen LogP contribution in [0, 0.1) is 0 Å². The van der Waals surface area contributed by atoms with Crippen LogP contribution in [0.1, 0.15) is 24.0 Å². The number of aromatic nitrogens is 2. The van der Waals surface area contributed by atoms with Crippen molar-refractivity contribution in [2.45, 2.75) is 25.0 Å². The van der Waals surface area contributed by atoms with Crippen molar-refractivity contribution in [3.8, 4) is 0 Å². The predicted octanol–water partition coefficient (Wildman–Crippen LogP) is 1.38. The molecule has 4 N–H and O–H groups in total. The summed E-state index contributed by atoms with van der Waals surface area (Å²) < 4.78 is 5.36. The van der Waals surface area contributed by atoms with Gasteiger partial charge in [0.1, 0.15) is 17.6 Å². The van der Waals surface area contributed by atoms with Gasteiger partial charge in [-0.15, -0.1) is 0 Å².